The lowest BCUT2D eigenvalue weighted by Gasteiger charge is -2.27. The number of aromatic nitrogens is 1. The van der Waals surface area contributed by atoms with E-state index in [1.54, 1.807) is 37.7 Å². The summed E-state index contributed by atoms with van der Waals surface area (Å²) < 4.78 is 10.9. The van der Waals surface area contributed by atoms with Crippen LogP contribution in [-0.4, -0.2) is 49.1 Å². The largest absolute Gasteiger partial charge is 0.496 e. The molecule has 0 bridgehead atoms. The van der Waals surface area contributed by atoms with Crippen LogP contribution < -0.4 is 4.74 Å². The van der Waals surface area contributed by atoms with Crippen molar-refractivity contribution in [3.63, 3.8) is 0 Å². The maximum atomic E-state index is 12.2. The Balaban J connectivity index is 1.74. The molecule has 2 heterocycles. The van der Waals surface area contributed by atoms with Gasteiger partial charge in [0.1, 0.15) is 5.75 Å². The van der Waals surface area contributed by atoms with Gasteiger partial charge in [0.15, 0.2) is 5.78 Å². The Labute approximate surface area is 147 Å². The SMILES string of the molecule is COc1ccc(/C=C/C(=O)c2cccnc2)cc1CN1CCOCC1. The van der Waals surface area contributed by atoms with E-state index in [9.17, 15) is 4.79 Å². The van der Waals surface area contributed by atoms with Crippen molar-refractivity contribution in [1.29, 1.82) is 0 Å². The first kappa shape index (κ1) is 17.3. The number of allylic oxidation sites excluding steroid dienone is 1. The van der Waals surface area contributed by atoms with Crippen molar-refractivity contribution in [1.82, 2.24) is 9.88 Å². The van der Waals surface area contributed by atoms with E-state index in [1.807, 2.05) is 18.2 Å². The first-order valence-electron chi connectivity index (χ1n) is 8.36. The van der Waals surface area contributed by atoms with E-state index < -0.39 is 0 Å². The van der Waals surface area contributed by atoms with Crippen LogP contribution in [0, 0.1) is 0 Å². The predicted molar refractivity (Wildman–Crippen MR) is 96.7 cm³/mol. The van der Waals surface area contributed by atoms with Gasteiger partial charge in [-0.05, 0) is 35.9 Å². The minimum atomic E-state index is -0.0568. The summed E-state index contributed by atoms with van der Waals surface area (Å²) in [6.45, 7) is 4.18. The summed E-state index contributed by atoms with van der Waals surface area (Å²) in [6.07, 6.45) is 6.64. The number of ether oxygens (including phenoxy) is 2. The van der Waals surface area contributed by atoms with Crippen LogP contribution in [0.5, 0.6) is 5.75 Å². The Hall–Kier alpha value is -2.50. The third kappa shape index (κ3) is 4.75. The highest BCUT2D eigenvalue weighted by Crippen LogP contribution is 2.23. The number of carbonyl (C=O) groups is 1. The van der Waals surface area contributed by atoms with E-state index in [1.165, 1.54) is 0 Å². The summed E-state index contributed by atoms with van der Waals surface area (Å²) in [5.74, 6) is 0.806. The van der Waals surface area contributed by atoms with Crippen molar-refractivity contribution in [2.45, 2.75) is 6.54 Å². The van der Waals surface area contributed by atoms with Crippen LogP contribution in [0.4, 0.5) is 0 Å². The van der Waals surface area contributed by atoms with Gasteiger partial charge in [-0.2, -0.15) is 0 Å². The highest BCUT2D eigenvalue weighted by atomic mass is 16.5. The van der Waals surface area contributed by atoms with Crippen LogP contribution in [0.3, 0.4) is 0 Å². The highest BCUT2D eigenvalue weighted by molar-refractivity contribution is 6.06. The Morgan fingerprint density at radius 2 is 2.16 bits per heavy atom. The maximum absolute atomic E-state index is 12.2. The first-order valence-corrected chi connectivity index (χ1v) is 8.36. The Kier molecular flexibility index (Phi) is 5.93. The minimum Gasteiger partial charge on any atom is -0.496 e. The average molecular weight is 338 g/mol. The quantitative estimate of drug-likeness (QED) is 0.599. The molecule has 0 spiro atoms. The summed E-state index contributed by atoms with van der Waals surface area (Å²) in [5, 5.41) is 0. The first-order chi connectivity index (χ1) is 12.3. The Bertz CT molecular complexity index is 738. The van der Waals surface area contributed by atoms with Gasteiger partial charge in [0.05, 0.1) is 20.3 Å². The molecule has 130 valence electrons. The Morgan fingerprint density at radius 1 is 1.32 bits per heavy atom. The fourth-order valence-electron chi connectivity index (χ4n) is 2.80. The molecule has 5 heteroatoms. The molecule has 1 saturated heterocycles. The predicted octanol–water partition coefficient (Wildman–Crippen LogP) is 2.82. The van der Waals surface area contributed by atoms with Crippen molar-refractivity contribution >= 4 is 11.9 Å². The van der Waals surface area contributed by atoms with Crippen molar-refractivity contribution in [2.75, 3.05) is 33.4 Å². The zero-order valence-corrected chi connectivity index (χ0v) is 14.4. The van der Waals surface area contributed by atoms with E-state index in [0.29, 0.717) is 5.56 Å². The van der Waals surface area contributed by atoms with Crippen LogP contribution >= 0.6 is 0 Å². The van der Waals surface area contributed by atoms with E-state index >= 15 is 0 Å². The second-order valence-corrected chi connectivity index (χ2v) is 5.90. The molecule has 2 aromatic rings. The molecule has 0 saturated carbocycles. The van der Waals surface area contributed by atoms with Crippen LogP contribution in [-0.2, 0) is 11.3 Å². The zero-order valence-electron chi connectivity index (χ0n) is 14.4. The van der Waals surface area contributed by atoms with Crippen molar-refractivity contribution < 1.29 is 14.3 Å². The van der Waals surface area contributed by atoms with Crippen molar-refractivity contribution in [3.05, 3.63) is 65.5 Å². The number of methoxy groups -OCH3 is 1. The van der Waals surface area contributed by atoms with Crippen molar-refractivity contribution in [3.8, 4) is 5.75 Å². The average Bonchev–Trinajstić information content (AvgIpc) is 2.68. The topological polar surface area (TPSA) is 51.7 Å². The van der Waals surface area contributed by atoms with Gasteiger partial charge in [-0.15, -0.1) is 0 Å². The van der Waals surface area contributed by atoms with Crippen LogP contribution in [0.25, 0.3) is 6.08 Å². The molecule has 3 rings (SSSR count). The third-order valence-electron chi connectivity index (χ3n) is 4.18. The molecule has 0 atom stereocenters. The van der Waals surface area contributed by atoms with Gasteiger partial charge in [0.2, 0.25) is 0 Å². The van der Waals surface area contributed by atoms with Gasteiger partial charge in [-0.1, -0.05) is 12.1 Å². The van der Waals surface area contributed by atoms with Gasteiger partial charge in [0, 0.05) is 43.2 Å². The molecule has 1 aliphatic heterocycles. The molecular weight excluding hydrogens is 316 g/mol. The molecular formula is C20H22N2O3. The Morgan fingerprint density at radius 3 is 2.88 bits per heavy atom. The van der Waals surface area contributed by atoms with Crippen LogP contribution in [0.2, 0.25) is 0 Å². The normalized spacial score (nSPS) is 15.4. The fourth-order valence-corrected chi connectivity index (χ4v) is 2.80. The van der Waals surface area contributed by atoms with E-state index in [0.717, 1.165) is 49.7 Å². The van der Waals surface area contributed by atoms with Gasteiger partial charge >= 0.3 is 0 Å². The highest BCUT2D eigenvalue weighted by Gasteiger charge is 2.13. The molecule has 0 amide bonds. The van der Waals surface area contributed by atoms with Gasteiger partial charge in [-0.3, -0.25) is 14.7 Å². The van der Waals surface area contributed by atoms with E-state index in [4.69, 9.17) is 9.47 Å². The monoisotopic (exact) mass is 338 g/mol. The molecule has 0 aliphatic carbocycles. The number of hydrogen-bond acceptors (Lipinski definition) is 5. The fraction of sp³-hybridized carbons (Fsp3) is 0.300. The van der Waals surface area contributed by atoms with Crippen LogP contribution in [0.15, 0.2) is 48.8 Å². The number of carbonyl (C=O) groups excluding carboxylic acids is 1. The number of rotatable bonds is 6. The number of pyridine rings is 1. The number of morpholine rings is 1. The zero-order chi connectivity index (χ0) is 17.5. The van der Waals surface area contributed by atoms with E-state index in [-0.39, 0.29) is 5.78 Å². The molecule has 1 aromatic carbocycles. The molecule has 0 N–H and O–H groups in total. The maximum Gasteiger partial charge on any atom is 0.187 e. The van der Waals surface area contributed by atoms with Gasteiger partial charge in [-0.25, -0.2) is 0 Å². The molecule has 0 unspecified atom stereocenters. The van der Waals surface area contributed by atoms with Gasteiger partial charge in [0.25, 0.3) is 0 Å². The summed E-state index contributed by atoms with van der Waals surface area (Å²) in [5.41, 5.74) is 2.67. The molecule has 0 radical (unpaired) electrons. The summed E-state index contributed by atoms with van der Waals surface area (Å²) >= 11 is 0. The second kappa shape index (κ2) is 8.55. The molecule has 1 fully saturated rings. The standard InChI is InChI=1S/C20H22N2O3/c1-24-20-7-5-16(4-6-19(23)17-3-2-8-21-14-17)13-18(20)15-22-9-11-25-12-10-22/h2-8,13-14H,9-12,15H2,1H3/b6-4+. The lowest BCUT2D eigenvalue weighted by atomic mass is 10.1. The third-order valence-corrected chi connectivity index (χ3v) is 4.18. The second-order valence-electron chi connectivity index (χ2n) is 5.90. The van der Waals surface area contributed by atoms with Crippen molar-refractivity contribution in [2.24, 2.45) is 0 Å². The lowest BCUT2D eigenvalue weighted by molar-refractivity contribution is 0.0339. The number of hydrogen-bond donors (Lipinski definition) is 0. The molecule has 1 aliphatic rings. The molecule has 5 nitrogen and oxygen atoms in total. The van der Waals surface area contributed by atoms with Crippen LogP contribution in [0.1, 0.15) is 21.5 Å². The minimum absolute atomic E-state index is 0.0568. The number of ketones is 1. The smallest absolute Gasteiger partial charge is 0.187 e. The van der Waals surface area contributed by atoms with Gasteiger partial charge < -0.3 is 9.47 Å². The summed E-state index contributed by atoms with van der Waals surface area (Å²) in [6, 6.07) is 9.49. The number of nitrogens with zero attached hydrogens (tertiary/aromatic N) is 2. The molecule has 1 aromatic heterocycles. The lowest BCUT2D eigenvalue weighted by Crippen LogP contribution is -2.35. The number of benzene rings is 1. The molecule has 25 heavy (non-hydrogen) atoms. The summed E-state index contributed by atoms with van der Waals surface area (Å²) in [7, 11) is 1.68. The summed E-state index contributed by atoms with van der Waals surface area (Å²) in [4.78, 5) is 18.5. The van der Waals surface area contributed by atoms with E-state index in [2.05, 4.69) is 16.0 Å².